The summed E-state index contributed by atoms with van der Waals surface area (Å²) in [6, 6.07) is -8.97. The van der Waals surface area contributed by atoms with E-state index in [2.05, 4.69) is 26.6 Å². The van der Waals surface area contributed by atoms with Crippen LogP contribution in [0.3, 0.4) is 0 Å². The summed E-state index contributed by atoms with van der Waals surface area (Å²) >= 11 is 0. The van der Waals surface area contributed by atoms with Crippen molar-refractivity contribution in [3.63, 3.8) is 0 Å². The second-order valence-corrected chi connectivity index (χ2v) is 35.3. The van der Waals surface area contributed by atoms with Gasteiger partial charge >= 0.3 is 0 Å². The van der Waals surface area contributed by atoms with Gasteiger partial charge in [0, 0.05) is 27.7 Å². The lowest BCUT2D eigenvalue weighted by Gasteiger charge is -2.51. The van der Waals surface area contributed by atoms with Crippen molar-refractivity contribution in [1.82, 2.24) is 26.6 Å². The standard InChI is InChI=1S/C78H131N5O58/c1-19(95)80-35-45(105)60(134-73-53(113)49(109)39(99)24(6-85)123-73)28(10-89)127-68(35)121-16-33-41(101)51(111)55(115)75(132-33)135-62-30(12-91)129-71(37(47(62)107)82-21(3)97)140-67-44(104)34(17-122-69-36(81-20(2)96)46(106)61(29(11-90)128-69)136-76-58(118)66(43(103)27(9-88)125-76)141-74-54(114)50(110)40(100)25(7-86)124-74)133-78(59(67)119)137-63-31(13-92)130-70(38(48(63)108)83-22(4)98)139-65-42(102)26(8-87)126-77(57(65)117)138-64-32(14-93)131-72(56(116)52(64)112)120-15-23(5-84)79-18-94/h18,23-78,84-93,99-119H,5-17H2,1-4H3,(H,79,94)(H,80,95)(H,81,96)(H,82,97)(H,83,98)/t23-,24-,25-,26-,27-,28-,29-,30-,31-,32-,33-,34-,35-,36-,37-,38-,39+,40+,41+,42+,43+,44+,45-,46-,47-,48-,49+,50+,51+,52-,53-,54-,55-,56-,57-,58-,59-,60-,61-,62-,63-,64-,65+,66+,67+,68-,69-,70+,71+,72-,73+,74-,75+,76+,77+,78+/m1/s1. The summed E-state index contributed by atoms with van der Waals surface area (Å²) in [6.45, 7) is -9.71. The Balaban J connectivity index is 0.859. The van der Waals surface area contributed by atoms with Crippen LogP contribution in [0.25, 0.3) is 0 Å². The molecule has 0 saturated carbocycles. The van der Waals surface area contributed by atoms with E-state index in [-0.39, 0.29) is 6.41 Å². The van der Waals surface area contributed by atoms with E-state index < -0.39 is 453 Å². The third kappa shape index (κ3) is 26.5. The fourth-order valence-corrected chi connectivity index (χ4v) is 17.9. The Labute approximate surface area is 797 Å². The Morgan fingerprint density at radius 1 is 0.234 bits per heavy atom. The molecule has 0 bridgehead atoms. The first-order valence-corrected chi connectivity index (χ1v) is 44.9. The van der Waals surface area contributed by atoms with Crippen molar-refractivity contribution in [3.05, 3.63) is 0 Å². The second-order valence-electron chi connectivity index (χ2n) is 35.3. The molecule has 11 saturated heterocycles. The lowest BCUT2D eigenvalue weighted by Crippen LogP contribution is -2.71. The number of nitrogens with one attached hydrogen (secondary N) is 5. The van der Waals surface area contributed by atoms with Crippen LogP contribution in [-0.4, -0.2) is 618 Å². The third-order valence-electron chi connectivity index (χ3n) is 25.5. The van der Waals surface area contributed by atoms with Gasteiger partial charge in [0.25, 0.3) is 0 Å². The predicted molar refractivity (Wildman–Crippen MR) is 433 cm³/mol. The van der Waals surface area contributed by atoms with Gasteiger partial charge in [-0.3, -0.25) is 24.0 Å². The number of amides is 5. The number of hydrogen-bond donors (Lipinski definition) is 36. The van der Waals surface area contributed by atoms with E-state index in [0.717, 1.165) is 27.7 Å². The van der Waals surface area contributed by atoms with E-state index in [1.807, 2.05) is 0 Å². The molecule has 0 aliphatic carbocycles. The SMILES string of the molecule is CC(=O)N[C@H]1[C@H](OC[C@H]2O[C@@H](O[C@H]3[C@H](O)[C@@H](NC(C)=O)[C@H](O[C@H]4[C@@H](O)[C@@H](CO[C@@H]5O[C@H](CO)[C@@H](O[C@@H]6O[C@H](CO)[C@H](O)[C@H](O[C@H]7O[C@H](CO)[C@H](O)[C@H](O)[C@H]7O)[C@H]6O)[C@H](O)[C@H]5NC(C)=O)O[C@@H](O[C@H]5[C@H](O)[C@@H](NC(C)=O)[C@H](O[C@H]6[C@@H](O)[C@@H](CO)O[C@@H](O[C@H]7[C@H](O)[C@@H](O)[C@H](OC[C@@H](CO)NC=O)O[C@@H]7CO)[C@@H]6O)O[C@@H]5CO)[C@@H]4O)O[C@@H]3CO)[C@H](O)[C@@H](O)[C@H]2O)O[C@H](CO)[C@@H](O[C@@H]2O[C@H](CO)[C@H](O)[C@H](O)[C@H]2O)[C@@H]1O. The van der Waals surface area contributed by atoms with Crippen LogP contribution < -0.4 is 26.6 Å². The van der Waals surface area contributed by atoms with Crippen molar-refractivity contribution in [1.29, 1.82) is 0 Å². The minimum Gasteiger partial charge on any atom is -0.394 e. The van der Waals surface area contributed by atoms with Gasteiger partial charge in [-0.2, -0.15) is 0 Å². The summed E-state index contributed by atoms with van der Waals surface area (Å²) in [6.07, 6.45) is -107. The predicted octanol–water partition coefficient (Wildman–Crippen LogP) is -25.3. The zero-order chi connectivity index (χ0) is 104. The normalized spacial score (nSPS) is 48.1. The Morgan fingerprint density at radius 3 is 0.730 bits per heavy atom. The first-order chi connectivity index (χ1) is 66.9. The zero-order valence-electron chi connectivity index (χ0n) is 75.5. The van der Waals surface area contributed by atoms with Crippen LogP contribution in [0.5, 0.6) is 0 Å². The fourth-order valence-electron chi connectivity index (χ4n) is 17.9. The quantitative estimate of drug-likeness (QED) is 0.0253. The highest BCUT2D eigenvalue weighted by Gasteiger charge is 2.63. The molecule has 0 spiro atoms. The van der Waals surface area contributed by atoms with Crippen LogP contribution >= 0.6 is 0 Å². The highest BCUT2D eigenvalue weighted by molar-refractivity contribution is 5.74. The Hall–Kier alpha value is -4.77. The Kier molecular flexibility index (Phi) is 43.1. The van der Waals surface area contributed by atoms with Crippen LogP contribution in [0.15, 0.2) is 0 Å². The van der Waals surface area contributed by atoms with Gasteiger partial charge < -0.3 is 289 Å². The van der Waals surface area contributed by atoms with Gasteiger partial charge in [-0.1, -0.05) is 0 Å². The maximum atomic E-state index is 13.4. The second kappa shape index (κ2) is 52.1. The molecule has 5 amide bonds. The number of rotatable bonds is 41. The number of carbonyl (C=O) groups excluding carboxylic acids is 5. The topological polar surface area (TPSA) is 976 Å². The highest BCUT2D eigenvalue weighted by Crippen LogP contribution is 2.42. The number of aliphatic hydroxyl groups is 31. The number of carbonyl (C=O) groups is 5. The Bertz CT molecular complexity index is 3840. The fraction of sp³-hybridized carbons (Fsp3) is 0.936. The average molecular weight is 2070 g/mol. The summed E-state index contributed by atoms with van der Waals surface area (Å²) in [5, 5.41) is 358. The summed E-state index contributed by atoms with van der Waals surface area (Å²) < 4.78 is 129. The first-order valence-electron chi connectivity index (χ1n) is 44.9. The van der Waals surface area contributed by atoms with Crippen molar-refractivity contribution in [2.75, 3.05) is 85.9 Å². The van der Waals surface area contributed by atoms with Crippen molar-refractivity contribution in [2.24, 2.45) is 0 Å². The van der Waals surface area contributed by atoms with Crippen molar-refractivity contribution in [2.45, 2.75) is 371 Å². The molecule has 11 aliphatic rings. The smallest absolute Gasteiger partial charge is 0.217 e. The molecule has 36 N–H and O–H groups in total. The lowest BCUT2D eigenvalue weighted by molar-refractivity contribution is -0.390. The van der Waals surface area contributed by atoms with Crippen molar-refractivity contribution < 1.29 is 286 Å². The van der Waals surface area contributed by atoms with E-state index >= 15 is 0 Å². The molecule has 11 fully saturated rings. The van der Waals surface area contributed by atoms with Crippen molar-refractivity contribution >= 4 is 30.0 Å². The summed E-state index contributed by atoms with van der Waals surface area (Å²) in [4.78, 5) is 63.6. The van der Waals surface area contributed by atoms with Crippen molar-refractivity contribution in [3.8, 4) is 0 Å². The zero-order valence-corrected chi connectivity index (χ0v) is 75.5. The van der Waals surface area contributed by atoms with Crippen LogP contribution in [0.1, 0.15) is 27.7 Å². The molecule has 0 unspecified atom stereocenters. The summed E-state index contributed by atoms with van der Waals surface area (Å²) in [5.74, 6) is -3.94. The monoisotopic (exact) mass is 2070 g/mol. The molecule has 56 atom stereocenters. The molecular formula is C78H131N5O58. The highest BCUT2D eigenvalue weighted by atomic mass is 16.8. The first kappa shape index (κ1) is 117. The van der Waals surface area contributed by atoms with Crippen LogP contribution in [0, 0.1) is 0 Å². The van der Waals surface area contributed by atoms with E-state index in [1.54, 1.807) is 0 Å². The molecule has 0 aromatic heterocycles. The molecule has 0 aromatic carbocycles. The third-order valence-corrected chi connectivity index (χ3v) is 25.5. The molecule has 816 valence electrons. The molecule has 0 radical (unpaired) electrons. The largest absolute Gasteiger partial charge is 0.394 e. The average Bonchev–Trinajstić information content (AvgIpc) is 0.727. The molecule has 0 aromatic rings. The molecule has 141 heavy (non-hydrogen) atoms. The number of aliphatic hydroxyl groups excluding tert-OH is 31. The van der Waals surface area contributed by atoms with E-state index in [1.165, 1.54) is 0 Å². The van der Waals surface area contributed by atoms with Gasteiger partial charge in [-0.25, -0.2) is 0 Å². The van der Waals surface area contributed by atoms with Gasteiger partial charge in [-0.15, -0.1) is 0 Å². The van der Waals surface area contributed by atoms with E-state index in [9.17, 15) is 182 Å². The minimum atomic E-state index is -2.62. The van der Waals surface area contributed by atoms with Crippen LogP contribution in [-0.2, 0) is 128 Å². The van der Waals surface area contributed by atoms with Gasteiger partial charge in [0.1, 0.15) is 268 Å². The van der Waals surface area contributed by atoms with E-state index in [0.29, 0.717) is 0 Å². The molecule has 11 heterocycles. The minimum absolute atomic E-state index is 0.231. The maximum Gasteiger partial charge on any atom is 0.217 e. The van der Waals surface area contributed by atoms with E-state index in [4.69, 9.17) is 104 Å². The van der Waals surface area contributed by atoms with Gasteiger partial charge in [0.05, 0.1) is 91.9 Å². The van der Waals surface area contributed by atoms with Gasteiger partial charge in [-0.05, 0) is 0 Å². The van der Waals surface area contributed by atoms with Gasteiger partial charge in [0.2, 0.25) is 30.0 Å². The van der Waals surface area contributed by atoms with Crippen LogP contribution in [0.4, 0.5) is 0 Å². The lowest BCUT2D eigenvalue weighted by atomic mass is 9.93. The molecule has 11 aliphatic heterocycles. The number of hydrogen-bond acceptors (Lipinski definition) is 58. The Morgan fingerprint density at radius 2 is 0.447 bits per heavy atom. The van der Waals surface area contributed by atoms with Crippen LogP contribution in [0.2, 0.25) is 0 Å². The number of ether oxygens (including phenoxy) is 22. The van der Waals surface area contributed by atoms with Gasteiger partial charge in [0.15, 0.2) is 69.2 Å². The molecule has 63 heteroatoms. The molecule has 63 nitrogen and oxygen atoms in total. The maximum absolute atomic E-state index is 13.4. The molecule has 11 rings (SSSR count). The molecular weight excluding hydrogens is 1930 g/mol. The summed E-state index contributed by atoms with van der Waals surface area (Å²) in [7, 11) is 0. The summed E-state index contributed by atoms with van der Waals surface area (Å²) in [5.41, 5.74) is 0.